The third-order valence-corrected chi connectivity index (χ3v) is 4.03. The molecule has 2 aliphatic rings. The quantitative estimate of drug-likeness (QED) is 0.671. The number of hydrogen-bond donors (Lipinski definition) is 0. The Kier molecular flexibility index (Phi) is 3.68. The Morgan fingerprint density at radius 1 is 1.25 bits per heavy atom. The molecule has 0 N–H and O–H groups in total. The van der Waals surface area contributed by atoms with Crippen LogP contribution in [0.3, 0.4) is 0 Å². The van der Waals surface area contributed by atoms with Crippen molar-refractivity contribution in [3.05, 3.63) is 0 Å². The van der Waals surface area contributed by atoms with Crippen LogP contribution in [0.25, 0.3) is 0 Å². The average molecular weight is 224 g/mol. The molecule has 0 bridgehead atoms. The lowest BCUT2D eigenvalue weighted by Gasteiger charge is -2.22. The maximum Gasteiger partial charge on any atom is 0.136 e. The van der Waals surface area contributed by atoms with Crippen molar-refractivity contribution in [2.45, 2.75) is 76.9 Å². The minimum Gasteiger partial charge on any atom is -0.372 e. The predicted molar refractivity (Wildman–Crippen MR) is 64.4 cm³/mol. The van der Waals surface area contributed by atoms with E-state index in [1.165, 1.54) is 12.8 Å². The highest BCUT2D eigenvalue weighted by Crippen LogP contribution is 2.34. The Labute approximate surface area is 98.7 Å². The SMILES string of the molecule is CC1(C)CCC(CC2CCCCCC2=O)O1. The molecule has 2 atom stereocenters. The number of carbonyl (C=O) groups excluding carboxylic acids is 1. The zero-order valence-corrected chi connectivity index (χ0v) is 10.6. The molecule has 92 valence electrons. The van der Waals surface area contributed by atoms with Crippen LogP contribution in [0.2, 0.25) is 0 Å². The lowest BCUT2D eigenvalue weighted by atomic mass is 9.91. The molecule has 0 aromatic carbocycles. The van der Waals surface area contributed by atoms with Gasteiger partial charge in [-0.2, -0.15) is 0 Å². The van der Waals surface area contributed by atoms with Crippen LogP contribution < -0.4 is 0 Å². The largest absolute Gasteiger partial charge is 0.372 e. The molecule has 1 aliphatic carbocycles. The lowest BCUT2D eigenvalue weighted by molar-refractivity contribution is -0.124. The number of rotatable bonds is 2. The summed E-state index contributed by atoms with van der Waals surface area (Å²) in [5.41, 5.74) is 0.0401. The van der Waals surface area contributed by atoms with Gasteiger partial charge in [-0.15, -0.1) is 0 Å². The van der Waals surface area contributed by atoms with E-state index >= 15 is 0 Å². The zero-order valence-electron chi connectivity index (χ0n) is 10.6. The van der Waals surface area contributed by atoms with Gasteiger partial charge < -0.3 is 4.74 Å². The average Bonchev–Trinajstić information content (AvgIpc) is 2.41. The number of carbonyl (C=O) groups is 1. The fourth-order valence-electron chi connectivity index (χ4n) is 3.04. The van der Waals surface area contributed by atoms with E-state index in [0.29, 0.717) is 17.8 Å². The molecule has 1 saturated carbocycles. The van der Waals surface area contributed by atoms with Gasteiger partial charge in [-0.3, -0.25) is 4.79 Å². The highest BCUT2D eigenvalue weighted by molar-refractivity contribution is 5.81. The minimum atomic E-state index is 0.0401. The molecule has 2 unspecified atom stereocenters. The van der Waals surface area contributed by atoms with Crippen LogP contribution in [-0.4, -0.2) is 17.5 Å². The van der Waals surface area contributed by atoms with Gasteiger partial charge in [0.15, 0.2) is 0 Å². The van der Waals surface area contributed by atoms with Gasteiger partial charge in [0.05, 0.1) is 11.7 Å². The summed E-state index contributed by atoms with van der Waals surface area (Å²) in [6.07, 6.45) is 9.05. The first-order valence-corrected chi connectivity index (χ1v) is 6.77. The van der Waals surface area contributed by atoms with Crippen molar-refractivity contribution < 1.29 is 9.53 Å². The molecular formula is C14H24O2. The van der Waals surface area contributed by atoms with E-state index in [4.69, 9.17) is 4.74 Å². The molecule has 2 heteroatoms. The van der Waals surface area contributed by atoms with E-state index in [9.17, 15) is 4.79 Å². The number of hydrogen-bond acceptors (Lipinski definition) is 2. The van der Waals surface area contributed by atoms with Crippen molar-refractivity contribution in [1.29, 1.82) is 0 Å². The maximum absolute atomic E-state index is 11.9. The van der Waals surface area contributed by atoms with Gasteiger partial charge in [0.25, 0.3) is 0 Å². The summed E-state index contributed by atoms with van der Waals surface area (Å²) >= 11 is 0. The van der Waals surface area contributed by atoms with Crippen LogP contribution in [0, 0.1) is 5.92 Å². The Morgan fingerprint density at radius 2 is 2.06 bits per heavy atom. The van der Waals surface area contributed by atoms with Crippen molar-refractivity contribution in [3.63, 3.8) is 0 Å². The highest BCUT2D eigenvalue weighted by Gasteiger charge is 2.34. The van der Waals surface area contributed by atoms with Crippen molar-refractivity contribution >= 4 is 5.78 Å². The predicted octanol–water partition coefficient (Wildman–Crippen LogP) is 3.48. The Bertz CT molecular complexity index is 257. The lowest BCUT2D eigenvalue weighted by Crippen LogP contribution is -2.24. The second-order valence-corrected chi connectivity index (χ2v) is 6.04. The Balaban J connectivity index is 1.86. The molecule has 1 heterocycles. The van der Waals surface area contributed by atoms with Crippen LogP contribution in [0.4, 0.5) is 0 Å². The van der Waals surface area contributed by atoms with Gasteiger partial charge >= 0.3 is 0 Å². The monoisotopic (exact) mass is 224 g/mol. The van der Waals surface area contributed by atoms with Crippen molar-refractivity contribution in [3.8, 4) is 0 Å². The van der Waals surface area contributed by atoms with Crippen LogP contribution in [0.5, 0.6) is 0 Å². The third kappa shape index (κ3) is 3.07. The third-order valence-electron chi connectivity index (χ3n) is 4.03. The summed E-state index contributed by atoms with van der Waals surface area (Å²) in [6.45, 7) is 4.31. The molecule has 2 rings (SSSR count). The normalized spacial score (nSPS) is 35.0. The van der Waals surface area contributed by atoms with Crippen LogP contribution >= 0.6 is 0 Å². The molecule has 0 radical (unpaired) electrons. The zero-order chi connectivity index (χ0) is 11.6. The van der Waals surface area contributed by atoms with E-state index in [1.807, 2.05) is 0 Å². The van der Waals surface area contributed by atoms with Crippen LogP contribution in [-0.2, 0) is 9.53 Å². The molecule has 0 amide bonds. The Morgan fingerprint density at radius 3 is 2.75 bits per heavy atom. The summed E-state index contributed by atoms with van der Waals surface area (Å²) in [4.78, 5) is 11.9. The van der Waals surface area contributed by atoms with Gasteiger partial charge in [0, 0.05) is 12.3 Å². The molecular weight excluding hydrogens is 200 g/mol. The standard InChI is InChI=1S/C14H24O2/c1-14(2)9-8-12(16-14)10-11-6-4-3-5-7-13(11)15/h11-12H,3-10H2,1-2H3. The van der Waals surface area contributed by atoms with Gasteiger partial charge in [0.2, 0.25) is 0 Å². The van der Waals surface area contributed by atoms with Crippen molar-refractivity contribution in [1.82, 2.24) is 0 Å². The number of ether oxygens (including phenoxy) is 1. The summed E-state index contributed by atoms with van der Waals surface area (Å²) in [5, 5.41) is 0. The number of Topliss-reactive ketones (excluding diaryl/α,β-unsaturated/α-hetero) is 1. The highest BCUT2D eigenvalue weighted by atomic mass is 16.5. The fourth-order valence-corrected chi connectivity index (χ4v) is 3.04. The topological polar surface area (TPSA) is 26.3 Å². The maximum atomic E-state index is 11.9. The summed E-state index contributed by atoms with van der Waals surface area (Å²) < 4.78 is 5.99. The van der Waals surface area contributed by atoms with E-state index in [2.05, 4.69) is 13.8 Å². The molecule has 0 spiro atoms. The van der Waals surface area contributed by atoms with Gasteiger partial charge in [-0.05, 0) is 46.0 Å². The van der Waals surface area contributed by atoms with Gasteiger partial charge in [0.1, 0.15) is 5.78 Å². The molecule has 0 aromatic heterocycles. The van der Waals surface area contributed by atoms with E-state index in [1.54, 1.807) is 0 Å². The van der Waals surface area contributed by atoms with E-state index in [-0.39, 0.29) is 5.60 Å². The second-order valence-electron chi connectivity index (χ2n) is 6.04. The fraction of sp³-hybridized carbons (Fsp3) is 0.929. The van der Waals surface area contributed by atoms with Crippen molar-refractivity contribution in [2.75, 3.05) is 0 Å². The van der Waals surface area contributed by atoms with Gasteiger partial charge in [-0.25, -0.2) is 0 Å². The van der Waals surface area contributed by atoms with E-state index in [0.717, 1.165) is 38.5 Å². The van der Waals surface area contributed by atoms with Crippen LogP contribution in [0.1, 0.15) is 65.2 Å². The molecule has 16 heavy (non-hydrogen) atoms. The summed E-state index contributed by atoms with van der Waals surface area (Å²) in [6, 6.07) is 0. The van der Waals surface area contributed by atoms with Gasteiger partial charge in [-0.1, -0.05) is 12.8 Å². The summed E-state index contributed by atoms with van der Waals surface area (Å²) in [7, 11) is 0. The first-order valence-electron chi connectivity index (χ1n) is 6.77. The minimum absolute atomic E-state index is 0.0401. The summed E-state index contributed by atoms with van der Waals surface area (Å²) in [5.74, 6) is 0.784. The Hall–Kier alpha value is -0.370. The molecule has 0 aromatic rings. The molecule has 2 nitrogen and oxygen atoms in total. The first-order chi connectivity index (χ1) is 7.57. The van der Waals surface area contributed by atoms with E-state index < -0.39 is 0 Å². The molecule has 1 saturated heterocycles. The molecule has 2 fully saturated rings. The first kappa shape index (κ1) is 12.1. The molecule has 1 aliphatic heterocycles. The second kappa shape index (κ2) is 4.87. The van der Waals surface area contributed by atoms with Crippen LogP contribution in [0.15, 0.2) is 0 Å². The van der Waals surface area contributed by atoms with Crippen molar-refractivity contribution in [2.24, 2.45) is 5.92 Å². The number of ketones is 1. The smallest absolute Gasteiger partial charge is 0.136 e.